The molecule has 220 valence electrons. The summed E-state index contributed by atoms with van der Waals surface area (Å²) in [5.41, 5.74) is 8.58. The minimum atomic E-state index is -0.993. The number of aromatic carboxylic acids is 1. The molecule has 0 bridgehead atoms. The molecule has 4 heterocycles. The second kappa shape index (κ2) is 13.1. The van der Waals surface area contributed by atoms with Crippen LogP contribution in [0.4, 0.5) is 0 Å². The highest BCUT2D eigenvalue weighted by Crippen LogP contribution is 2.29. The molecule has 9 heteroatoms. The number of carboxylic acids is 1. The van der Waals surface area contributed by atoms with Gasteiger partial charge in [0.2, 0.25) is 0 Å². The van der Waals surface area contributed by atoms with E-state index in [1.807, 2.05) is 42.5 Å². The topological polar surface area (TPSA) is 128 Å². The zero-order chi connectivity index (χ0) is 28.9. The average Bonchev–Trinajstić information content (AvgIpc) is 3.60. The Morgan fingerprint density at radius 2 is 1.90 bits per heavy atom. The van der Waals surface area contributed by atoms with Crippen molar-refractivity contribution in [2.75, 3.05) is 32.7 Å². The van der Waals surface area contributed by atoms with Crippen molar-refractivity contribution in [1.82, 2.24) is 14.8 Å². The third-order valence-electron chi connectivity index (χ3n) is 8.47. The molecule has 3 atom stereocenters. The number of hydrogen-bond donors (Lipinski definition) is 4. The molecular formula is C32H42N4O5. The van der Waals surface area contributed by atoms with Crippen LogP contribution >= 0.6 is 0 Å². The van der Waals surface area contributed by atoms with Crippen LogP contribution in [-0.4, -0.2) is 81.9 Å². The number of aromatic nitrogens is 1. The van der Waals surface area contributed by atoms with Gasteiger partial charge in [0.1, 0.15) is 23.6 Å². The van der Waals surface area contributed by atoms with E-state index >= 15 is 0 Å². The van der Waals surface area contributed by atoms with Gasteiger partial charge in [0, 0.05) is 53.6 Å². The summed E-state index contributed by atoms with van der Waals surface area (Å²) in [5.74, 6) is 0.0560. The number of ether oxygens (including phenoxy) is 1. The second-order valence-corrected chi connectivity index (χ2v) is 11.6. The number of nitrogens with zero attached hydrogens (tertiary/aromatic N) is 2. The summed E-state index contributed by atoms with van der Waals surface area (Å²) in [7, 11) is 0. The minimum absolute atomic E-state index is 0.0959. The molecule has 0 spiro atoms. The standard InChI is InChI=1S/C18H13NO4.C14H29N3O/c20-18(21)15-8-13-14(19-15)5-3-7-17(13)23-10-11-9-22-16-6-2-1-4-12(11)16;1-11-9-17(8-5-14(11)18)12(2)10-16-6-3-13(15)4-7-16/h1-9,19H,10H2,(H,20,21);11-14,18H,3-10,15H2,1-2H3/t;11-,12-,14-/m.0/s1. The van der Waals surface area contributed by atoms with Crippen molar-refractivity contribution in [3.63, 3.8) is 0 Å². The van der Waals surface area contributed by atoms with Gasteiger partial charge in [-0.2, -0.15) is 0 Å². The fourth-order valence-corrected chi connectivity index (χ4v) is 5.86. The van der Waals surface area contributed by atoms with E-state index in [0.717, 1.165) is 79.4 Å². The summed E-state index contributed by atoms with van der Waals surface area (Å²) >= 11 is 0. The number of fused-ring (bicyclic) bond motifs is 2. The number of benzene rings is 2. The first-order chi connectivity index (χ1) is 19.8. The Balaban J connectivity index is 0.000000170. The molecule has 2 aromatic carbocycles. The van der Waals surface area contributed by atoms with Crippen molar-refractivity contribution >= 4 is 27.8 Å². The van der Waals surface area contributed by atoms with Crippen molar-refractivity contribution in [3.05, 3.63) is 66.1 Å². The zero-order valence-corrected chi connectivity index (χ0v) is 24.0. The van der Waals surface area contributed by atoms with E-state index in [1.54, 1.807) is 12.3 Å². The van der Waals surface area contributed by atoms with Crippen LogP contribution in [0, 0.1) is 5.92 Å². The van der Waals surface area contributed by atoms with Crippen LogP contribution in [0.1, 0.15) is 49.2 Å². The Morgan fingerprint density at radius 1 is 1.12 bits per heavy atom. The molecule has 4 aromatic rings. The van der Waals surface area contributed by atoms with Gasteiger partial charge in [0.05, 0.1) is 12.4 Å². The fraction of sp³-hybridized carbons (Fsp3) is 0.469. The lowest BCUT2D eigenvalue weighted by Gasteiger charge is -2.41. The number of aliphatic hydroxyl groups is 1. The summed E-state index contributed by atoms with van der Waals surface area (Å²) in [6, 6.07) is 15.8. The van der Waals surface area contributed by atoms with E-state index in [2.05, 4.69) is 28.6 Å². The molecule has 6 rings (SSSR count). The molecule has 2 fully saturated rings. The number of nitrogens with one attached hydrogen (secondary N) is 1. The molecule has 2 aliphatic heterocycles. The number of aromatic amines is 1. The number of carboxylic acid groups (broad SMARTS) is 1. The fourth-order valence-electron chi connectivity index (χ4n) is 5.86. The Bertz CT molecular complexity index is 1440. The maximum absolute atomic E-state index is 11.1. The lowest BCUT2D eigenvalue weighted by atomic mass is 9.95. The van der Waals surface area contributed by atoms with Crippen LogP contribution in [0.5, 0.6) is 5.75 Å². The van der Waals surface area contributed by atoms with Crippen molar-refractivity contribution in [3.8, 4) is 5.75 Å². The van der Waals surface area contributed by atoms with Crippen LogP contribution in [0.25, 0.3) is 21.9 Å². The van der Waals surface area contributed by atoms with Gasteiger partial charge < -0.3 is 35.0 Å². The summed E-state index contributed by atoms with van der Waals surface area (Å²) in [6.07, 6.45) is 4.80. The summed E-state index contributed by atoms with van der Waals surface area (Å²) in [4.78, 5) is 19.0. The highest BCUT2D eigenvalue weighted by Gasteiger charge is 2.28. The highest BCUT2D eigenvalue weighted by molar-refractivity contribution is 5.96. The van der Waals surface area contributed by atoms with Crippen molar-refractivity contribution in [2.24, 2.45) is 11.7 Å². The molecule has 9 nitrogen and oxygen atoms in total. The van der Waals surface area contributed by atoms with Crippen LogP contribution in [0.15, 0.2) is 59.2 Å². The smallest absolute Gasteiger partial charge is 0.352 e. The molecule has 2 saturated heterocycles. The predicted molar refractivity (Wildman–Crippen MR) is 160 cm³/mol. The number of rotatable bonds is 7. The number of H-pyrrole nitrogens is 1. The first-order valence-corrected chi connectivity index (χ1v) is 14.6. The average molecular weight is 563 g/mol. The van der Waals surface area contributed by atoms with Crippen molar-refractivity contribution in [1.29, 1.82) is 0 Å². The Hall–Kier alpha value is -3.37. The molecular weight excluding hydrogens is 520 g/mol. The number of furan rings is 1. The number of hydrogen-bond acceptors (Lipinski definition) is 7. The van der Waals surface area contributed by atoms with E-state index in [4.69, 9.17) is 20.0 Å². The van der Waals surface area contributed by atoms with Gasteiger partial charge >= 0.3 is 5.97 Å². The monoisotopic (exact) mass is 562 g/mol. The highest BCUT2D eigenvalue weighted by atomic mass is 16.5. The number of likely N-dealkylation sites (tertiary alicyclic amines) is 2. The molecule has 41 heavy (non-hydrogen) atoms. The van der Waals surface area contributed by atoms with Gasteiger partial charge in [0.25, 0.3) is 0 Å². The van der Waals surface area contributed by atoms with Gasteiger partial charge in [-0.05, 0) is 69.5 Å². The lowest BCUT2D eigenvalue weighted by Crippen LogP contribution is -2.51. The lowest BCUT2D eigenvalue weighted by molar-refractivity contribution is 0.0119. The Kier molecular flexibility index (Phi) is 9.29. The van der Waals surface area contributed by atoms with Crippen LogP contribution in [0.3, 0.4) is 0 Å². The maximum atomic E-state index is 11.1. The molecule has 0 aliphatic carbocycles. The number of piperidine rings is 2. The minimum Gasteiger partial charge on any atom is -0.488 e. The first-order valence-electron chi connectivity index (χ1n) is 14.6. The van der Waals surface area contributed by atoms with Gasteiger partial charge in [-0.15, -0.1) is 0 Å². The first kappa shape index (κ1) is 29.1. The van der Waals surface area contributed by atoms with E-state index in [0.29, 0.717) is 30.4 Å². The van der Waals surface area contributed by atoms with Crippen LogP contribution in [-0.2, 0) is 6.61 Å². The van der Waals surface area contributed by atoms with Gasteiger partial charge in [0.15, 0.2) is 0 Å². The van der Waals surface area contributed by atoms with Crippen LogP contribution in [0.2, 0.25) is 0 Å². The quantitative estimate of drug-likeness (QED) is 0.255. The third kappa shape index (κ3) is 7.11. The number of nitrogens with two attached hydrogens (primary N) is 1. The van der Waals surface area contributed by atoms with Gasteiger partial charge in [-0.1, -0.05) is 31.2 Å². The third-order valence-corrected chi connectivity index (χ3v) is 8.47. The number of para-hydroxylation sites is 1. The van der Waals surface area contributed by atoms with E-state index in [1.165, 1.54) is 0 Å². The SMILES string of the molecule is C[C@H]1CN([C@@H](C)CN2CCC(N)CC2)CC[C@@H]1O.O=C(O)c1cc2c(OCc3coc4ccccc34)cccc2[nH]1. The molecule has 2 aromatic heterocycles. The number of aliphatic hydroxyl groups excluding tert-OH is 1. The summed E-state index contributed by atoms with van der Waals surface area (Å²) in [5, 5.41) is 20.6. The molecule has 0 radical (unpaired) electrons. The largest absolute Gasteiger partial charge is 0.488 e. The summed E-state index contributed by atoms with van der Waals surface area (Å²) in [6.45, 7) is 10.4. The van der Waals surface area contributed by atoms with Crippen molar-refractivity contribution < 1.29 is 24.2 Å². The normalized spacial score (nSPS) is 21.5. The Labute approximate surface area is 240 Å². The number of carbonyl (C=O) groups is 1. The second-order valence-electron chi connectivity index (χ2n) is 11.6. The van der Waals surface area contributed by atoms with Gasteiger partial charge in [-0.3, -0.25) is 4.90 Å². The van der Waals surface area contributed by atoms with Crippen LogP contribution < -0.4 is 10.5 Å². The molecule has 0 amide bonds. The molecule has 0 saturated carbocycles. The molecule has 0 unspecified atom stereocenters. The van der Waals surface area contributed by atoms with E-state index in [-0.39, 0.29) is 11.8 Å². The van der Waals surface area contributed by atoms with E-state index in [9.17, 15) is 9.90 Å². The van der Waals surface area contributed by atoms with Gasteiger partial charge in [-0.25, -0.2) is 4.79 Å². The van der Waals surface area contributed by atoms with E-state index < -0.39 is 5.97 Å². The molecule has 2 aliphatic rings. The zero-order valence-electron chi connectivity index (χ0n) is 24.0. The summed E-state index contributed by atoms with van der Waals surface area (Å²) < 4.78 is 11.4. The van der Waals surface area contributed by atoms with Crippen molar-refractivity contribution in [2.45, 2.75) is 57.9 Å². The Morgan fingerprint density at radius 3 is 2.66 bits per heavy atom. The maximum Gasteiger partial charge on any atom is 0.352 e. The predicted octanol–water partition coefficient (Wildman–Crippen LogP) is 4.69. The molecule has 5 N–H and O–H groups in total.